The van der Waals surface area contributed by atoms with Gasteiger partial charge in [-0.3, -0.25) is 0 Å². The Labute approximate surface area is 90.7 Å². The van der Waals surface area contributed by atoms with Gasteiger partial charge in [-0.25, -0.2) is 8.42 Å². The van der Waals surface area contributed by atoms with Gasteiger partial charge in [0.25, 0.3) is 0 Å². The number of oxime groups is 1. The maximum atomic E-state index is 11.6. The van der Waals surface area contributed by atoms with Crippen LogP contribution in [0.2, 0.25) is 0 Å². The number of aliphatic hydroxyl groups excluding tert-OH is 1. The van der Waals surface area contributed by atoms with E-state index < -0.39 is 27.1 Å². The quantitative estimate of drug-likeness (QED) is 0.427. The van der Waals surface area contributed by atoms with Gasteiger partial charge in [-0.05, 0) is 0 Å². The molecule has 15 heavy (non-hydrogen) atoms. The zero-order valence-corrected chi connectivity index (χ0v) is 10.4. The van der Waals surface area contributed by atoms with Crippen molar-refractivity contribution in [2.75, 3.05) is 12.4 Å². The topological polar surface area (TPSA) is 87.0 Å². The molecule has 0 radical (unpaired) electrons. The van der Waals surface area contributed by atoms with Crippen LogP contribution in [0.1, 0.15) is 27.7 Å². The second kappa shape index (κ2) is 4.94. The van der Waals surface area contributed by atoms with Crippen LogP contribution < -0.4 is 0 Å². The lowest BCUT2D eigenvalue weighted by Crippen LogP contribution is -2.41. The summed E-state index contributed by atoms with van der Waals surface area (Å²) in [4.78, 5) is 0. The molecule has 0 fully saturated rings. The minimum Gasteiger partial charge on any atom is -0.411 e. The number of aliphatic hydroxyl groups is 1. The second-order valence-electron chi connectivity index (χ2n) is 4.36. The van der Waals surface area contributed by atoms with Crippen LogP contribution in [-0.4, -0.2) is 42.1 Å². The van der Waals surface area contributed by atoms with Crippen molar-refractivity contribution in [1.29, 1.82) is 0 Å². The van der Waals surface area contributed by atoms with Crippen LogP contribution in [-0.2, 0) is 9.84 Å². The first-order chi connectivity index (χ1) is 6.70. The molecular formula is C9H19NO4S. The highest BCUT2D eigenvalue weighted by Gasteiger charge is 2.35. The average molecular weight is 237 g/mol. The Hall–Kier alpha value is -0.620. The highest BCUT2D eigenvalue weighted by atomic mass is 32.2. The molecule has 0 aliphatic heterocycles. The molecule has 0 heterocycles. The first kappa shape index (κ1) is 14.4. The monoisotopic (exact) mass is 237 g/mol. The third-order valence-electron chi connectivity index (χ3n) is 2.18. The van der Waals surface area contributed by atoms with E-state index in [4.69, 9.17) is 10.3 Å². The molecule has 0 bridgehead atoms. The van der Waals surface area contributed by atoms with Crippen LogP contribution in [0.3, 0.4) is 0 Å². The molecule has 0 aliphatic rings. The van der Waals surface area contributed by atoms with Crippen LogP contribution in [0.5, 0.6) is 0 Å². The highest BCUT2D eigenvalue weighted by molar-refractivity contribution is 7.92. The van der Waals surface area contributed by atoms with Crippen molar-refractivity contribution >= 4 is 15.5 Å². The van der Waals surface area contributed by atoms with Gasteiger partial charge in [-0.2, -0.15) is 0 Å². The Balaban J connectivity index is 5.33. The summed E-state index contributed by atoms with van der Waals surface area (Å²) in [6, 6.07) is 0. The predicted molar refractivity (Wildman–Crippen MR) is 59.0 cm³/mol. The first-order valence-corrected chi connectivity index (χ1v) is 6.47. The van der Waals surface area contributed by atoms with E-state index >= 15 is 0 Å². The smallest absolute Gasteiger partial charge is 0.160 e. The molecule has 0 aromatic heterocycles. The van der Waals surface area contributed by atoms with Gasteiger partial charge in [0.05, 0.1) is 12.3 Å². The summed E-state index contributed by atoms with van der Waals surface area (Å²) in [7, 11) is -3.45. The average Bonchev–Trinajstić information content (AvgIpc) is 2.11. The third kappa shape index (κ3) is 3.46. The number of sulfone groups is 1. The number of hydrogen-bond acceptors (Lipinski definition) is 5. The van der Waals surface area contributed by atoms with Crippen molar-refractivity contribution < 1.29 is 18.7 Å². The maximum absolute atomic E-state index is 11.6. The van der Waals surface area contributed by atoms with E-state index in [1.807, 2.05) is 0 Å². The van der Waals surface area contributed by atoms with E-state index in [1.54, 1.807) is 20.8 Å². The minimum atomic E-state index is -3.45. The molecule has 0 saturated carbocycles. The van der Waals surface area contributed by atoms with Gasteiger partial charge < -0.3 is 10.3 Å². The van der Waals surface area contributed by atoms with Crippen LogP contribution in [0.4, 0.5) is 0 Å². The van der Waals surface area contributed by atoms with Crippen LogP contribution in [0.15, 0.2) is 5.16 Å². The zero-order valence-electron chi connectivity index (χ0n) is 9.56. The van der Waals surface area contributed by atoms with Crippen molar-refractivity contribution in [1.82, 2.24) is 0 Å². The van der Waals surface area contributed by atoms with Crippen LogP contribution >= 0.6 is 0 Å². The molecule has 0 aromatic carbocycles. The largest absolute Gasteiger partial charge is 0.411 e. The van der Waals surface area contributed by atoms with Gasteiger partial charge in [0, 0.05) is 11.2 Å². The lowest BCUT2D eigenvalue weighted by molar-refractivity contribution is 0.286. The molecule has 0 amide bonds. The molecule has 2 N–H and O–H groups in total. The lowest BCUT2D eigenvalue weighted by atomic mass is 9.88. The van der Waals surface area contributed by atoms with Crippen molar-refractivity contribution in [3.05, 3.63) is 0 Å². The van der Waals surface area contributed by atoms with Crippen molar-refractivity contribution in [3.8, 4) is 0 Å². The fourth-order valence-corrected chi connectivity index (χ4v) is 2.64. The summed E-state index contributed by atoms with van der Waals surface area (Å²) in [5, 5.41) is 19.8. The van der Waals surface area contributed by atoms with Gasteiger partial charge in [-0.15, -0.1) is 0 Å². The Bertz CT molecular complexity index is 327. The molecule has 90 valence electrons. The highest BCUT2D eigenvalue weighted by Crippen LogP contribution is 2.22. The summed E-state index contributed by atoms with van der Waals surface area (Å²) >= 11 is 0. The van der Waals surface area contributed by atoms with Gasteiger partial charge in [0.1, 0.15) is 5.25 Å². The summed E-state index contributed by atoms with van der Waals surface area (Å²) in [6.45, 7) is 6.13. The fourth-order valence-electron chi connectivity index (χ4n) is 1.27. The number of nitrogens with zero attached hydrogens (tertiary/aromatic N) is 1. The van der Waals surface area contributed by atoms with Crippen LogP contribution in [0, 0.1) is 5.41 Å². The van der Waals surface area contributed by atoms with E-state index in [2.05, 4.69) is 5.16 Å². The van der Waals surface area contributed by atoms with Crippen molar-refractivity contribution in [3.63, 3.8) is 0 Å². The molecule has 1 unspecified atom stereocenters. The van der Waals surface area contributed by atoms with Gasteiger partial charge in [0.2, 0.25) is 0 Å². The van der Waals surface area contributed by atoms with E-state index in [-0.39, 0.29) is 11.5 Å². The standard InChI is InChI=1S/C9H19NO4S/c1-5-15(13,14)7(6-11)8(10-12)9(2,3)4/h7,11-12H,5-6H2,1-4H3/b10-8+. The molecule has 1 atom stereocenters. The van der Waals surface area contributed by atoms with E-state index in [0.29, 0.717) is 0 Å². The molecule has 0 spiro atoms. The Kier molecular flexibility index (Phi) is 4.73. The molecule has 0 aromatic rings. The lowest BCUT2D eigenvalue weighted by Gasteiger charge is -2.25. The first-order valence-electron chi connectivity index (χ1n) is 4.75. The summed E-state index contributed by atoms with van der Waals surface area (Å²) in [5.41, 5.74) is -0.503. The van der Waals surface area contributed by atoms with Crippen molar-refractivity contribution in [2.45, 2.75) is 32.9 Å². The normalized spacial score (nSPS) is 16.5. The van der Waals surface area contributed by atoms with Crippen LogP contribution in [0.25, 0.3) is 0 Å². The fraction of sp³-hybridized carbons (Fsp3) is 0.889. The zero-order chi connectivity index (χ0) is 12.3. The predicted octanol–water partition coefficient (Wildman–Crippen LogP) is 0.658. The second-order valence-corrected chi connectivity index (χ2v) is 6.83. The SMILES string of the molecule is CCS(=O)(=O)C(CO)/C(=N\O)C(C)(C)C. The third-order valence-corrected chi connectivity index (χ3v) is 4.23. The van der Waals surface area contributed by atoms with E-state index in [1.165, 1.54) is 6.92 Å². The Morgan fingerprint density at radius 3 is 2.07 bits per heavy atom. The molecule has 5 nitrogen and oxygen atoms in total. The van der Waals surface area contributed by atoms with E-state index in [9.17, 15) is 8.42 Å². The van der Waals surface area contributed by atoms with Gasteiger partial charge >= 0.3 is 0 Å². The Morgan fingerprint density at radius 2 is 1.87 bits per heavy atom. The van der Waals surface area contributed by atoms with Gasteiger partial charge in [-0.1, -0.05) is 32.9 Å². The molecular weight excluding hydrogens is 218 g/mol. The van der Waals surface area contributed by atoms with Crippen molar-refractivity contribution in [2.24, 2.45) is 10.6 Å². The summed E-state index contributed by atoms with van der Waals surface area (Å²) in [6.07, 6.45) is 0. The Morgan fingerprint density at radius 1 is 1.40 bits per heavy atom. The minimum absolute atomic E-state index is 0.0897. The molecule has 0 saturated heterocycles. The van der Waals surface area contributed by atoms with Gasteiger partial charge in [0.15, 0.2) is 9.84 Å². The molecule has 6 heteroatoms. The number of rotatable bonds is 4. The number of hydrogen-bond donors (Lipinski definition) is 2. The molecule has 0 rings (SSSR count). The maximum Gasteiger partial charge on any atom is 0.160 e. The molecule has 0 aliphatic carbocycles. The summed E-state index contributed by atoms with van der Waals surface area (Å²) in [5.74, 6) is -0.0900. The van der Waals surface area contributed by atoms with E-state index in [0.717, 1.165) is 0 Å². The summed E-state index contributed by atoms with van der Waals surface area (Å²) < 4.78 is 23.3.